The zero-order valence-electron chi connectivity index (χ0n) is 13.5. The third-order valence-corrected chi connectivity index (χ3v) is 5.18. The average Bonchev–Trinajstić information content (AvgIpc) is 3.05. The normalized spacial score (nSPS) is 12.7. The van der Waals surface area contributed by atoms with Gasteiger partial charge in [-0.05, 0) is 36.2 Å². The topological polar surface area (TPSA) is 52.8 Å². The Bertz CT molecular complexity index is 1020. The van der Waals surface area contributed by atoms with Crippen LogP contribution in [0.25, 0.3) is 5.65 Å². The van der Waals surface area contributed by atoms with Gasteiger partial charge in [0, 0.05) is 23.8 Å². The van der Waals surface area contributed by atoms with Gasteiger partial charge in [-0.2, -0.15) is 11.8 Å². The van der Waals surface area contributed by atoms with E-state index in [4.69, 9.17) is 21.1 Å². The highest BCUT2D eigenvalue weighted by atomic mass is 35.5. The molecule has 3 heterocycles. The fraction of sp³-hybridized carbons (Fsp3) is 0.222. The Labute approximate surface area is 153 Å². The van der Waals surface area contributed by atoms with Crippen LogP contribution in [-0.4, -0.2) is 16.2 Å². The highest BCUT2D eigenvalue weighted by molar-refractivity contribution is 7.97. The Hall–Kier alpha value is -2.18. The molecule has 0 saturated heterocycles. The number of pyridine rings is 1. The Kier molecular flexibility index (Phi) is 4.31. The molecule has 0 fully saturated rings. The molecule has 25 heavy (non-hydrogen) atoms. The van der Waals surface area contributed by atoms with E-state index < -0.39 is 0 Å². The summed E-state index contributed by atoms with van der Waals surface area (Å²) >= 11 is 7.87. The van der Waals surface area contributed by atoms with Crippen LogP contribution in [0.5, 0.6) is 11.5 Å². The van der Waals surface area contributed by atoms with Gasteiger partial charge in [0.05, 0.1) is 10.7 Å². The van der Waals surface area contributed by atoms with Crippen LogP contribution in [0.2, 0.25) is 5.02 Å². The van der Waals surface area contributed by atoms with Crippen LogP contribution in [0, 0.1) is 6.92 Å². The molecule has 0 spiro atoms. The molecule has 0 atom stereocenters. The SMILES string of the molecule is Cc1ccc2nc(CSCc3cc(Cl)c4c(c3)OCO4)cc(=O)n2c1. The lowest BCUT2D eigenvalue weighted by molar-refractivity contribution is 0.174. The maximum atomic E-state index is 12.2. The summed E-state index contributed by atoms with van der Waals surface area (Å²) in [6, 6.07) is 9.22. The van der Waals surface area contributed by atoms with Crippen LogP contribution < -0.4 is 15.0 Å². The molecule has 0 unspecified atom stereocenters. The fourth-order valence-corrected chi connectivity index (χ4v) is 3.86. The van der Waals surface area contributed by atoms with Crippen LogP contribution in [0.4, 0.5) is 0 Å². The number of nitrogens with zero attached hydrogens (tertiary/aromatic N) is 2. The summed E-state index contributed by atoms with van der Waals surface area (Å²) in [6.45, 7) is 2.15. The Morgan fingerprint density at radius 1 is 1.24 bits per heavy atom. The first-order chi connectivity index (χ1) is 12.1. The third kappa shape index (κ3) is 3.32. The first-order valence-electron chi connectivity index (χ1n) is 7.75. The lowest BCUT2D eigenvalue weighted by atomic mass is 10.2. The molecule has 0 amide bonds. The van der Waals surface area contributed by atoms with E-state index in [-0.39, 0.29) is 12.4 Å². The van der Waals surface area contributed by atoms with E-state index in [2.05, 4.69) is 4.98 Å². The standard InChI is InChI=1S/C18H15ClN2O3S/c1-11-2-3-16-20-13(6-17(22)21(16)7-11)9-25-8-12-4-14(19)18-15(5-12)23-10-24-18/h2-7H,8-10H2,1H3. The number of hydrogen-bond donors (Lipinski definition) is 0. The van der Waals surface area contributed by atoms with E-state index in [1.807, 2.05) is 31.2 Å². The number of benzene rings is 1. The molecule has 1 aliphatic heterocycles. The number of ether oxygens (including phenoxy) is 2. The van der Waals surface area contributed by atoms with Crippen molar-refractivity contribution < 1.29 is 9.47 Å². The smallest absolute Gasteiger partial charge is 0.258 e. The zero-order chi connectivity index (χ0) is 17.4. The molecule has 1 aliphatic rings. The number of thioether (sulfide) groups is 1. The van der Waals surface area contributed by atoms with Gasteiger partial charge >= 0.3 is 0 Å². The fourth-order valence-electron chi connectivity index (χ4n) is 2.71. The van der Waals surface area contributed by atoms with Gasteiger partial charge in [-0.15, -0.1) is 0 Å². The highest BCUT2D eigenvalue weighted by Gasteiger charge is 2.18. The zero-order valence-corrected chi connectivity index (χ0v) is 15.1. The van der Waals surface area contributed by atoms with Crippen molar-refractivity contribution in [2.24, 2.45) is 0 Å². The number of aromatic nitrogens is 2. The summed E-state index contributed by atoms with van der Waals surface area (Å²) in [6.07, 6.45) is 1.80. The van der Waals surface area contributed by atoms with Gasteiger partial charge in [-0.3, -0.25) is 9.20 Å². The molecular formula is C18H15ClN2O3S. The van der Waals surface area contributed by atoms with Crippen molar-refractivity contribution >= 4 is 29.0 Å². The molecule has 1 aromatic carbocycles. The van der Waals surface area contributed by atoms with Gasteiger partial charge in [-0.1, -0.05) is 17.7 Å². The Morgan fingerprint density at radius 3 is 3.00 bits per heavy atom. The molecule has 2 aromatic heterocycles. The molecule has 7 heteroatoms. The minimum atomic E-state index is -0.0598. The molecule has 0 aliphatic carbocycles. The Morgan fingerprint density at radius 2 is 2.12 bits per heavy atom. The van der Waals surface area contributed by atoms with Crippen molar-refractivity contribution in [3.63, 3.8) is 0 Å². The average molecular weight is 375 g/mol. The van der Waals surface area contributed by atoms with Crippen LogP contribution in [0.15, 0.2) is 41.3 Å². The molecule has 0 bridgehead atoms. The number of hydrogen-bond acceptors (Lipinski definition) is 5. The lowest BCUT2D eigenvalue weighted by Crippen LogP contribution is -2.15. The quantitative estimate of drug-likeness (QED) is 0.695. The summed E-state index contributed by atoms with van der Waals surface area (Å²) in [4.78, 5) is 16.8. The van der Waals surface area contributed by atoms with Gasteiger partial charge in [0.2, 0.25) is 6.79 Å². The maximum Gasteiger partial charge on any atom is 0.258 e. The second kappa shape index (κ2) is 6.61. The monoisotopic (exact) mass is 374 g/mol. The third-order valence-electron chi connectivity index (χ3n) is 3.87. The summed E-state index contributed by atoms with van der Waals surface area (Å²) in [5.41, 5.74) is 3.45. The van der Waals surface area contributed by atoms with E-state index in [0.29, 0.717) is 27.9 Å². The van der Waals surface area contributed by atoms with Crippen LogP contribution in [0.1, 0.15) is 16.8 Å². The molecular weight excluding hydrogens is 360 g/mol. The molecule has 128 valence electrons. The molecule has 0 N–H and O–H groups in total. The van der Waals surface area contributed by atoms with Crippen molar-refractivity contribution in [2.45, 2.75) is 18.4 Å². The van der Waals surface area contributed by atoms with Crippen molar-refractivity contribution in [1.82, 2.24) is 9.38 Å². The van der Waals surface area contributed by atoms with E-state index in [1.54, 1.807) is 28.4 Å². The van der Waals surface area contributed by atoms with Crippen LogP contribution in [0.3, 0.4) is 0 Å². The van der Waals surface area contributed by atoms with Gasteiger partial charge < -0.3 is 9.47 Å². The second-order valence-electron chi connectivity index (χ2n) is 5.82. The van der Waals surface area contributed by atoms with Crippen LogP contribution >= 0.6 is 23.4 Å². The summed E-state index contributed by atoms with van der Waals surface area (Å²) in [5.74, 6) is 2.67. The first-order valence-corrected chi connectivity index (χ1v) is 9.28. The minimum Gasteiger partial charge on any atom is -0.454 e. The second-order valence-corrected chi connectivity index (χ2v) is 7.22. The summed E-state index contributed by atoms with van der Waals surface area (Å²) in [5, 5.41) is 0.558. The highest BCUT2D eigenvalue weighted by Crippen LogP contribution is 2.40. The van der Waals surface area contributed by atoms with Crippen molar-refractivity contribution in [3.05, 3.63) is 68.7 Å². The molecule has 4 rings (SSSR count). The van der Waals surface area contributed by atoms with Crippen molar-refractivity contribution in [2.75, 3.05) is 6.79 Å². The number of halogens is 1. The van der Waals surface area contributed by atoms with E-state index in [0.717, 1.165) is 22.6 Å². The molecule has 0 saturated carbocycles. The van der Waals surface area contributed by atoms with Gasteiger partial charge in [-0.25, -0.2) is 4.98 Å². The summed E-state index contributed by atoms with van der Waals surface area (Å²) in [7, 11) is 0. The number of fused-ring (bicyclic) bond motifs is 2. The molecule has 3 aromatic rings. The van der Waals surface area contributed by atoms with Gasteiger partial charge in [0.25, 0.3) is 5.56 Å². The summed E-state index contributed by atoms with van der Waals surface area (Å²) < 4.78 is 12.3. The molecule has 5 nitrogen and oxygen atoms in total. The van der Waals surface area contributed by atoms with Crippen molar-refractivity contribution in [3.8, 4) is 11.5 Å². The maximum absolute atomic E-state index is 12.2. The van der Waals surface area contributed by atoms with Gasteiger partial charge in [0.15, 0.2) is 11.5 Å². The predicted octanol–water partition coefficient (Wildman–Crippen LogP) is 3.82. The predicted molar refractivity (Wildman–Crippen MR) is 98.8 cm³/mol. The largest absolute Gasteiger partial charge is 0.454 e. The van der Waals surface area contributed by atoms with E-state index >= 15 is 0 Å². The van der Waals surface area contributed by atoms with E-state index in [1.165, 1.54) is 0 Å². The lowest BCUT2D eigenvalue weighted by Gasteiger charge is -2.06. The van der Waals surface area contributed by atoms with E-state index in [9.17, 15) is 4.79 Å². The number of aryl methyl sites for hydroxylation is 1. The Balaban J connectivity index is 1.49. The molecule has 0 radical (unpaired) electrons. The van der Waals surface area contributed by atoms with Crippen molar-refractivity contribution in [1.29, 1.82) is 0 Å². The minimum absolute atomic E-state index is 0.0598. The van der Waals surface area contributed by atoms with Crippen LogP contribution in [-0.2, 0) is 11.5 Å². The first kappa shape index (κ1) is 16.3. The number of rotatable bonds is 4. The van der Waals surface area contributed by atoms with Gasteiger partial charge in [0.1, 0.15) is 5.65 Å².